The molecule has 0 atom stereocenters. The summed E-state index contributed by atoms with van der Waals surface area (Å²) in [5.74, 6) is -0.228. The lowest BCUT2D eigenvalue weighted by Crippen LogP contribution is -1.88. The smallest absolute Gasteiger partial charge is 0.165 e. The van der Waals surface area contributed by atoms with E-state index in [0.717, 1.165) is 5.56 Å². The predicted molar refractivity (Wildman–Crippen MR) is 67.2 cm³/mol. The summed E-state index contributed by atoms with van der Waals surface area (Å²) in [7, 11) is 1.42. The molecule has 0 aromatic heterocycles. The SMILES string of the molecule is COc1ccc(-c2cccc(N=[N+]=[N-])c2)cc1F. The third kappa shape index (κ3) is 2.42. The fourth-order valence-electron chi connectivity index (χ4n) is 1.65. The zero-order valence-electron chi connectivity index (χ0n) is 9.67. The quantitative estimate of drug-likeness (QED) is 0.446. The third-order valence-corrected chi connectivity index (χ3v) is 2.49. The Bertz CT molecular complexity index is 621. The molecule has 0 aliphatic rings. The minimum absolute atomic E-state index is 0.199. The van der Waals surface area contributed by atoms with Gasteiger partial charge in [0.15, 0.2) is 11.6 Å². The number of rotatable bonds is 3. The van der Waals surface area contributed by atoms with Crippen molar-refractivity contribution in [2.45, 2.75) is 0 Å². The van der Waals surface area contributed by atoms with Gasteiger partial charge in [-0.25, -0.2) is 4.39 Å². The summed E-state index contributed by atoms with van der Waals surface area (Å²) in [6, 6.07) is 11.6. The zero-order chi connectivity index (χ0) is 13.0. The fraction of sp³-hybridized carbons (Fsp3) is 0.0769. The molecule has 0 saturated heterocycles. The lowest BCUT2D eigenvalue weighted by atomic mass is 10.0. The molecule has 0 unspecified atom stereocenters. The summed E-state index contributed by atoms with van der Waals surface area (Å²) in [5.41, 5.74) is 10.3. The molecular weight excluding hydrogens is 233 g/mol. The van der Waals surface area contributed by atoms with Crippen molar-refractivity contribution in [3.05, 3.63) is 58.7 Å². The maximum absolute atomic E-state index is 13.6. The van der Waals surface area contributed by atoms with Crippen LogP contribution in [-0.4, -0.2) is 7.11 Å². The lowest BCUT2D eigenvalue weighted by Gasteiger charge is -2.06. The summed E-state index contributed by atoms with van der Waals surface area (Å²) in [6.07, 6.45) is 0. The molecule has 90 valence electrons. The van der Waals surface area contributed by atoms with Crippen LogP contribution in [0.1, 0.15) is 0 Å². The van der Waals surface area contributed by atoms with Crippen LogP contribution >= 0.6 is 0 Å². The molecule has 0 bridgehead atoms. The molecule has 2 aromatic carbocycles. The van der Waals surface area contributed by atoms with Crippen LogP contribution in [-0.2, 0) is 0 Å². The van der Waals surface area contributed by atoms with E-state index in [1.165, 1.54) is 13.2 Å². The van der Waals surface area contributed by atoms with Crippen LogP contribution in [0.5, 0.6) is 5.75 Å². The number of azide groups is 1. The number of hydrogen-bond acceptors (Lipinski definition) is 2. The maximum Gasteiger partial charge on any atom is 0.165 e. The van der Waals surface area contributed by atoms with Crippen LogP contribution in [0.2, 0.25) is 0 Å². The van der Waals surface area contributed by atoms with Crippen molar-refractivity contribution in [3.63, 3.8) is 0 Å². The van der Waals surface area contributed by atoms with Gasteiger partial charge in [0.1, 0.15) is 0 Å². The first-order valence-electron chi connectivity index (χ1n) is 5.23. The summed E-state index contributed by atoms with van der Waals surface area (Å²) in [6.45, 7) is 0. The Balaban J connectivity index is 2.45. The van der Waals surface area contributed by atoms with Crippen LogP contribution < -0.4 is 4.74 Å². The second kappa shape index (κ2) is 5.21. The largest absolute Gasteiger partial charge is 0.494 e. The number of methoxy groups -OCH3 is 1. The van der Waals surface area contributed by atoms with Gasteiger partial charge in [0.05, 0.1) is 7.11 Å². The van der Waals surface area contributed by atoms with Crippen LogP contribution in [0.3, 0.4) is 0 Å². The molecule has 0 aliphatic heterocycles. The molecule has 0 N–H and O–H groups in total. The number of hydrogen-bond donors (Lipinski definition) is 0. The maximum atomic E-state index is 13.6. The Morgan fingerprint density at radius 1 is 1.17 bits per heavy atom. The van der Waals surface area contributed by atoms with Gasteiger partial charge >= 0.3 is 0 Å². The highest BCUT2D eigenvalue weighted by Crippen LogP contribution is 2.27. The van der Waals surface area contributed by atoms with Crippen LogP contribution in [0, 0.1) is 5.82 Å². The summed E-state index contributed by atoms with van der Waals surface area (Å²) in [5, 5.41) is 3.51. The minimum atomic E-state index is -0.427. The highest BCUT2D eigenvalue weighted by molar-refractivity contribution is 5.67. The molecule has 0 amide bonds. The van der Waals surface area contributed by atoms with Crippen LogP contribution in [0.4, 0.5) is 10.1 Å². The van der Waals surface area contributed by atoms with Crippen LogP contribution in [0.15, 0.2) is 47.6 Å². The average Bonchev–Trinajstić information content (AvgIpc) is 2.39. The van der Waals surface area contributed by atoms with Crippen molar-refractivity contribution in [1.82, 2.24) is 0 Å². The minimum Gasteiger partial charge on any atom is -0.494 e. The van der Waals surface area contributed by atoms with E-state index in [2.05, 4.69) is 10.0 Å². The standard InChI is InChI=1S/C13H10FN3O/c1-18-13-6-5-10(8-12(13)14)9-3-2-4-11(7-9)16-17-15/h2-8H,1H3. The van der Waals surface area contributed by atoms with Gasteiger partial charge in [0.25, 0.3) is 0 Å². The fourth-order valence-corrected chi connectivity index (χ4v) is 1.65. The Hall–Kier alpha value is -2.52. The van der Waals surface area contributed by atoms with Crippen LogP contribution in [0.25, 0.3) is 21.6 Å². The molecule has 0 heterocycles. The number of halogens is 1. The van der Waals surface area contributed by atoms with Gasteiger partial charge in [-0.15, -0.1) is 0 Å². The molecule has 18 heavy (non-hydrogen) atoms. The molecule has 0 aliphatic carbocycles. The van der Waals surface area contributed by atoms with E-state index in [1.807, 2.05) is 6.07 Å². The molecule has 0 spiro atoms. The Morgan fingerprint density at radius 3 is 2.61 bits per heavy atom. The van der Waals surface area contributed by atoms with Gasteiger partial charge in [-0.2, -0.15) is 0 Å². The van der Waals surface area contributed by atoms with E-state index in [4.69, 9.17) is 10.3 Å². The predicted octanol–water partition coefficient (Wildman–Crippen LogP) is 4.44. The van der Waals surface area contributed by atoms with Crippen molar-refractivity contribution in [2.24, 2.45) is 5.11 Å². The molecule has 0 radical (unpaired) electrons. The van der Waals surface area contributed by atoms with E-state index in [9.17, 15) is 4.39 Å². The molecular formula is C13H10FN3O. The van der Waals surface area contributed by atoms with E-state index in [0.29, 0.717) is 11.3 Å². The van der Waals surface area contributed by atoms with Gasteiger partial charge in [0.2, 0.25) is 0 Å². The van der Waals surface area contributed by atoms with Gasteiger partial charge in [-0.3, -0.25) is 0 Å². The van der Waals surface area contributed by atoms with Crippen molar-refractivity contribution in [2.75, 3.05) is 7.11 Å². The average molecular weight is 243 g/mol. The summed E-state index contributed by atoms with van der Waals surface area (Å²) in [4.78, 5) is 2.72. The van der Waals surface area contributed by atoms with E-state index < -0.39 is 5.82 Å². The first-order valence-corrected chi connectivity index (χ1v) is 5.23. The number of benzene rings is 2. The first kappa shape index (κ1) is 12.0. The second-order valence-corrected chi connectivity index (χ2v) is 3.59. The normalized spacial score (nSPS) is 9.67. The Kier molecular flexibility index (Phi) is 3.46. The third-order valence-electron chi connectivity index (χ3n) is 2.49. The van der Waals surface area contributed by atoms with Crippen molar-refractivity contribution in [1.29, 1.82) is 0 Å². The monoisotopic (exact) mass is 243 g/mol. The van der Waals surface area contributed by atoms with Gasteiger partial charge in [0, 0.05) is 10.6 Å². The number of ether oxygens (including phenoxy) is 1. The highest BCUT2D eigenvalue weighted by Gasteiger charge is 2.05. The summed E-state index contributed by atoms with van der Waals surface area (Å²) >= 11 is 0. The molecule has 0 fully saturated rings. The van der Waals surface area contributed by atoms with Gasteiger partial charge in [-0.05, 0) is 34.9 Å². The van der Waals surface area contributed by atoms with Crippen molar-refractivity contribution in [3.8, 4) is 16.9 Å². The second-order valence-electron chi connectivity index (χ2n) is 3.59. The first-order chi connectivity index (χ1) is 8.74. The van der Waals surface area contributed by atoms with E-state index >= 15 is 0 Å². The van der Waals surface area contributed by atoms with E-state index in [-0.39, 0.29) is 5.75 Å². The molecule has 4 nitrogen and oxygen atoms in total. The van der Waals surface area contributed by atoms with Crippen molar-refractivity contribution < 1.29 is 9.13 Å². The highest BCUT2D eigenvalue weighted by atomic mass is 19.1. The zero-order valence-corrected chi connectivity index (χ0v) is 9.67. The van der Waals surface area contributed by atoms with Crippen molar-refractivity contribution >= 4 is 5.69 Å². The topological polar surface area (TPSA) is 58.0 Å². The molecule has 5 heteroatoms. The van der Waals surface area contributed by atoms with E-state index in [1.54, 1.807) is 30.3 Å². The Morgan fingerprint density at radius 2 is 1.94 bits per heavy atom. The molecule has 0 saturated carbocycles. The number of nitrogens with zero attached hydrogens (tertiary/aromatic N) is 3. The molecule has 2 rings (SSSR count). The lowest BCUT2D eigenvalue weighted by molar-refractivity contribution is 0.386. The Labute approximate surface area is 103 Å². The van der Waals surface area contributed by atoms with Gasteiger partial charge in [-0.1, -0.05) is 29.4 Å². The molecule has 2 aromatic rings. The summed E-state index contributed by atoms with van der Waals surface area (Å²) < 4.78 is 18.4. The van der Waals surface area contributed by atoms with Gasteiger partial charge < -0.3 is 4.74 Å².